The van der Waals surface area contributed by atoms with Gasteiger partial charge in [-0.25, -0.2) is 0 Å². The molecule has 1 aromatic rings. The number of carbonyl (C=O) groups is 1. The summed E-state index contributed by atoms with van der Waals surface area (Å²) in [7, 11) is 0. The van der Waals surface area contributed by atoms with E-state index in [1.807, 2.05) is 13.8 Å². The molecule has 0 saturated heterocycles. The van der Waals surface area contributed by atoms with Gasteiger partial charge in [0.15, 0.2) is 0 Å². The first-order chi connectivity index (χ1) is 10.2. The summed E-state index contributed by atoms with van der Waals surface area (Å²) < 4.78 is 5.36. The Bertz CT molecular complexity index is 612. The van der Waals surface area contributed by atoms with Gasteiger partial charge < -0.3 is 4.74 Å². The van der Waals surface area contributed by atoms with Crippen LogP contribution in [0.1, 0.15) is 33.3 Å². The molecule has 5 heteroatoms. The molecule has 2 atom stereocenters. The van der Waals surface area contributed by atoms with Gasteiger partial charge in [0, 0.05) is 12.1 Å². The highest BCUT2D eigenvalue weighted by Crippen LogP contribution is 2.59. The summed E-state index contributed by atoms with van der Waals surface area (Å²) in [6, 6.07) is 6.04. The zero-order chi connectivity index (χ0) is 16.5. The molecule has 1 saturated carbocycles. The average Bonchev–Trinajstić information content (AvgIpc) is 2.96. The number of benzene rings is 1. The van der Waals surface area contributed by atoms with Crippen molar-refractivity contribution < 1.29 is 14.5 Å². The van der Waals surface area contributed by atoms with Gasteiger partial charge in [-0.1, -0.05) is 25.5 Å². The van der Waals surface area contributed by atoms with E-state index >= 15 is 0 Å². The van der Waals surface area contributed by atoms with Crippen molar-refractivity contribution in [1.82, 2.24) is 0 Å². The smallest absolute Gasteiger partial charge is 0.310 e. The second-order valence-electron chi connectivity index (χ2n) is 6.60. The molecule has 1 fully saturated rings. The van der Waals surface area contributed by atoms with Gasteiger partial charge in [-0.2, -0.15) is 0 Å². The third kappa shape index (κ3) is 3.35. The number of non-ortho nitro benzene ring substituents is 1. The predicted octanol–water partition coefficient (Wildman–Crippen LogP) is 3.88. The minimum Gasteiger partial charge on any atom is -0.461 e. The van der Waals surface area contributed by atoms with Gasteiger partial charge in [0.25, 0.3) is 5.69 Å². The molecule has 0 radical (unpaired) electrons. The SMILES string of the molecule is CC(C)=CC1[C@@H](C(=O)OCc2ccc([N+](=O)[O-])cc2)C1(C)C. The van der Waals surface area contributed by atoms with E-state index in [4.69, 9.17) is 4.74 Å². The Hall–Kier alpha value is -2.17. The maximum Gasteiger partial charge on any atom is 0.310 e. The highest BCUT2D eigenvalue weighted by molar-refractivity contribution is 5.78. The number of esters is 1. The van der Waals surface area contributed by atoms with Crippen LogP contribution in [-0.4, -0.2) is 10.9 Å². The van der Waals surface area contributed by atoms with Crippen molar-refractivity contribution in [3.8, 4) is 0 Å². The van der Waals surface area contributed by atoms with E-state index in [-0.39, 0.29) is 35.5 Å². The number of carbonyl (C=O) groups excluding carboxylic acids is 1. The zero-order valence-corrected chi connectivity index (χ0v) is 13.3. The molecule has 1 aliphatic carbocycles. The fourth-order valence-corrected chi connectivity index (χ4v) is 2.76. The van der Waals surface area contributed by atoms with E-state index in [1.165, 1.54) is 17.7 Å². The molecule has 0 N–H and O–H groups in total. The fraction of sp³-hybridized carbons (Fsp3) is 0.471. The van der Waals surface area contributed by atoms with E-state index in [0.717, 1.165) is 5.56 Å². The Morgan fingerprint density at radius 2 is 1.91 bits per heavy atom. The van der Waals surface area contributed by atoms with Gasteiger partial charge in [-0.15, -0.1) is 0 Å². The number of allylic oxidation sites excluding steroid dienone is 2. The van der Waals surface area contributed by atoms with Crippen molar-refractivity contribution in [3.63, 3.8) is 0 Å². The van der Waals surface area contributed by atoms with Gasteiger partial charge in [0.05, 0.1) is 10.8 Å². The van der Waals surface area contributed by atoms with Crippen molar-refractivity contribution in [2.75, 3.05) is 0 Å². The maximum atomic E-state index is 12.2. The van der Waals surface area contributed by atoms with Crippen molar-refractivity contribution >= 4 is 11.7 Å². The van der Waals surface area contributed by atoms with Crippen LogP contribution in [-0.2, 0) is 16.1 Å². The van der Waals surface area contributed by atoms with Crippen LogP contribution >= 0.6 is 0 Å². The second-order valence-corrected chi connectivity index (χ2v) is 6.60. The Kier molecular flexibility index (Phi) is 4.35. The maximum absolute atomic E-state index is 12.2. The zero-order valence-electron chi connectivity index (χ0n) is 13.3. The summed E-state index contributed by atoms with van der Waals surface area (Å²) in [5.74, 6) is -0.0897. The van der Waals surface area contributed by atoms with Gasteiger partial charge in [0.2, 0.25) is 0 Å². The lowest BCUT2D eigenvalue weighted by atomic mass is 10.1. The van der Waals surface area contributed by atoms with Crippen LogP contribution in [0.3, 0.4) is 0 Å². The third-order valence-corrected chi connectivity index (χ3v) is 4.21. The molecule has 118 valence electrons. The number of rotatable bonds is 5. The van der Waals surface area contributed by atoms with Gasteiger partial charge >= 0.3 is 5.97 Å². The lowest BCUT2D eigenvalue weighted by molar-refractivity contribution is -0.384. The number of hydrogen-bond donors (Lipinski definition) is 0. The van der Waals surface area contributed by atoms with Gasteiger partial charge in [0.1, 0.15) is 6.61 Å². The van der Waals surface area contributed by atoms with E-state index in [9.17, 15) is 14.9 Å². The normalized spacial score (nSPS) is 21.8. The average molecular weight is 303 g/mol. The number of hydrogen-bond acceptors (Lipinski definition) is 4. The summed E-state index contributed by atoms with van der Waals surface area (Å²) in [6.45, 7) is 8.32. The number of nitro groups is 1. The highest BCUT2D eigenvalue weighted by atomic mass is 16.6. The second kappa shape index (κ2) is 5.91. The van der Waals surface area contributed by atoms with Crippen LogP contribution in [0.2, 0.25) is 0 Å². The molecule has 0 aromatic heterocycles. The Labute approximate surface area is 130 Å². The van der Waals surface area contributed by atoms with Gasteiger partial charge in [-0.05, 0) is 42.9 Å². The molecule has 0 bridgehead atoms. The molecule has 22 heavy (non-hydrogen) atoms. The minimum atomic E-state index is -0.452. The molecule has 2 rings (SSSR count). The Morgan fingerprint density at radius 3 is 2.41 bits per heavy atom. The number of ether oxygens (including phenoxy) is 1. The lowest BCUT2D eigenvalue weighted by Gasteiger charge is -2.05. The van der Waals surface area contributed by atoms with Crippen LogP contribution in [0.4, 0.5) is 5.69 Å². The van der Waals surface area contributed by atoms with E-state index in [1.54, 1.807) is 12.1 Å². The molecule has 0 heterocycles. The molecule has 1 aliphatic rings. The Morgan fingerprint density at radius 1 is 1.32 bits per heavy atom. The molecular formula is C17H21NO4. The van der Waals surface area contributed by atoms with Crippen molar-refractivity contribution in [2.45, 2.75) is 34.3 Å². The molecule has 1 aromatic carbocycles. The van der Waals surface area contributed by atoms with Gasteiger partial charge in [-0.3, -0.25) is 14.9 Å². The summed E-state index contributed by atoms with van der Waals surface area (Å²) in [6.07, 6.45) is 2.12. The molecule has 5 nitrogen and oxygen atoms in total. The van der Waals surface area contributed by atoms with Crippen molar-refractivity contribution in [3.05, 3.63) is 51.6 Å². The molecule has 1 unspecified atom stereocenters. The van der Waals surface area contributed by atoms with E-state index in [2.05, 4.69) is 19.9 Å². The standard InChI is InChI=1S/C17H21NO4/c1-11(2)9-14-15(17(14,3)4)16(19)22-10-12-5-7-13(8-6-12)18(20)21/h5-9,14-15H,10H2,1-4H3/t14?,15-/m0/s1. The van der Waals surface area contributed by atoms with Crippen molar-refractivity contribution in [1.29, 1.82) is 0 Å². The first kappa shape index (κ1) is 16.2. The van der Waals surface area contributed by atoms with E-state index in [0.29, 0.717) is 0 Å². The first-order valence-electron chi connectivity index (χ1n) is 7.28. The fourth-order valence-electron chi connectivity index (χ4n) is 2.76. The van der Waals surface area contributed by atoms with E-state index < -0.39 is 4.92 Å². The largest absolute Gasteiger partial charge is 0.461 e. The van der Waals surface area contributed by atoms with Crippen LogP contribution in [0.15, 0.2) is 35.9 Å². The van der Waals surface area contributed by atoms with Crippen LogP contribution in [0.25, 0.3) is 0 Å². The summed E-state index contributed by atoms with van der Waals surface area (Å²) in [5.41, 5.74) is 1.91. The molecule has 0 aliphatic heterocycles. The molecular weight excluding hydrogens is 282 g/mol. The third-order valence-electron chi connectivity index (χ3n) is 4.21. The van der Waals surface area contributed by atoms with Crippen LogP contribution in [0.5, 0.6) is 0 Å². The highest BCUT2D eigenvalue weighted by Gasteiger charge is 2.61. The molecule has 0 amide bonds. The molecule has 0 spiro atoms. The quantitative estimate of drug-likeness (QED) is 0.358. The Balaban J connectivity index is 1.93. The summed E-state index contributed by atoms with van der Waals surface area (Å²) >= 11 is 0. The topological polar surface area (TPSA) is 69.4 Å². The van der Waals surface area contributed by atoms with Crippen LogP contribution < -0.4 is 0 Å². The number of nitro benzene ring substituents is 1. The predicted molar refractivity (Wildman–Crippen MR) is 83.1 cm³/mol. The monoisotopic (exact) mass is 303 g/mol. The minimum absolute atomic E-state index is 0.0297. The van der Waals surface area contributed by atoms with Crippen molar-refractivity contribution in [2.24, 2.45) is 17.3 Å². The summed E-state index contributed by atoms with van der Waals surface area (Å²) in [4.78, 5) is 22.3. The number of nitrogens with zero attached hydrogens (tertiary/aromatic N) is 1. The summed E-state index contributed by atoms with van der Waals surface area (Å²) in [5, 5.41) is 10.6. The lowest BCUT2D eigenvalue weighted by Crippen LogP contribution is -2.10. The van der Waals surface area contributed by atoms with Crippen LogP contribution in [0, 0.1) is 27.4 Å². The first-order valence-corrected chi connectivity index (χ1v) is 7.28.